The third-order valence-corrected chi connectivity index (χ3v) is 3.83. The number of nitrogens with one attached hydrogen (secondary N) is 2. The highest BCUT2D eigenvalue weighted by atomic mass is 35.5. The molecule has 5 nitrogen and oxygen atoms in total. The lowest BCUT2D eigenvalue weighted by Gasteiger charge is -2.07. The number of hydrogen-bond acceptors (Lipinski definition) is 3. The van der Waals surface area contributed by atoms with Crippen LogP contribution in [0.4, 0.5) is 4.39 Å². The van der Waals surface area contributed by atoms with Crippen molar-refractivity contribution < 1.29 is 9.18 Å². The van der Waals surface area contributed by atoms with E-state index in [9.17, 15) is 9.18 Å². The van der Waals surface area contributed by atoms with Crippen LogP contribution >= 0.6 is 35.4 Å². The molecule has 0 radical (unpaired) electrons. The van der Waals surface area contributed by atoms with Crippen LogP contribution in [0.25, 0.3) is 0 Å². The topological polar surface area (TPSA) is 62.7 Å². The molecule has 0 unspecified atom stereocenters. The zero-order valence-corrected chi connectivity index (χ0v) is 13.2. The van der Waals surface area contributed by atoms with Gasteiger partial charge in [0.15, 0.2) is 4.77 Å². The van der Waals surface area contributed by atoms with Gasteiger partial charge in [-0.2, -0.15) is 5.10 Å². The van der Waals surface area contributed by atoms with E-state index in [4.69, 9.17) is 35.4 Å². The molecule has 1 aromatic heterocycles. The summed E-state index contributed by atoms with van der Waals surface area (Å²) in [4.78, 5) is 11.9. The van der Waals surface area contributed by atoms with E-state index in [1.54, 1.807) is 11.6 Å². The van der Waals surface area contributed by atoms with Crippen LogP contribution in [0.3, 0.4) is 0 Å². The van der Waals surface area contributed by atoms with Gasteiger partial charge in [-0.05, 0) is 24.4 Å². The zero-order chi connectivity index (χ0) is 15.6. The first-order valence-electron chi connectivity index (χ1n) is 5.93. The largest absolute Gasteiger partial charge is 0.352 e. The summed E-state index contributed by atoms with van der Waals surface area (Å²) in [5, 5.41) is 9.27. The molecule has 0 atom stereocenters. The van der Waals surface area contributed by atoms with Crippen molar-refractivity contribution in [3.05, 3.63) is 44.2 Å². The van der Waals surface area contributed by atoms with E-state index in [1.807, 2.05) is 0 Å². The molecule has 2 aromatic rings. The van der Waals surface area contributed by atoms with E-state index in [0.29, 0.717) is 23.6 Å². The molecule has 2 N–H and O–H groups in total. The summed E-state index contributed by atoms with van der Waals surface area (Å²) in [7, 11) is 1.77. The van der Waals surface area contributed by atoms with Crippen LogP contribution < -0.4 is 5.32 Å². The molecule has 2 rings (SSSR count). The normalized spacial score (nSPS) is 10.7. The van der Waals surface area contributed by atoms with E-state index in [-0.39, 0.29) is 15.6 Å². The molecule has 0 aliphatic carbocycles. The standard InChI is InChI=1S/C12H11Cl2FN4OS/c1-19-10(17-18-12(19)21)2-3-16-11(20)6-4-9(15)8(14)5-7(6)13/h4-5H,2-3H2,1H3,(H,16,20)(H,18,21). The van der Waals surface area contributed by atoms with Gasteiger partial charge in [-0.15, -0.1) is 0 Å². The molecule has 0 aliphatic heterocycles. The highest BCUT2D eigenvalue weighted by Crippen LogP contribution is 2.24. The number of hydrogen-bond donors (Lipinski definition) is 2. The molecule has 1 heterocycles. The number of halogens is 3. The van der Waals surface area contributed by atoms with Crippen molar-refractivity contribution in [3.63, 3.8) is 0 Å². The van der Waals surface area contributed by atoms with Gasteiger partial charge in [0.05, 0.1) is 15.6 Å². The maximum atomic E-state index is 13.4. The monoisotopic (exact) mass is 348 g/mol. The lowest BCUT2D eigenvalue weighted by molar-refractivity contribution is 0.0953. The summed E-state index contributed by atoms with van der Waals surface area (Å²) in [5.41, 5.74) is 0.0360. The number of rotatable bonds is 4. The maximum absolute atomic E-state index is 13.4. The molecule has 0 saturated heterocycles. The molecule has 0 aliphatic rings. The zero-order valence-electron chi connectivity index (χ0n) is 10.9. The van der Waals surface area contributed by atoms with Gasteiger partial charge in [-0.25, -0.2) is 4.39 Å². The van der Waals surface area contributed by atoms with Crippen molar-refractivity contribution in [1.82, 2.24) is 20.1 Å². The second kappa shape index (κ2) is 6.55. The number of aromatic nitrogens is 3. The molecule has 21 heavy (non-hydrogen) atoms. The average Bonchev–Trinajstić information content (AvgIpc) is 2.74. The summed E-state index contributed by atoms with van der Waals surface area (Å²) < 4.78 is 15.6. The Balaban J connectivity index is 2.01. The summed E-state index contributed by atoms with van der Waals surface area (Å²) in [6, 6.07) is 2.21. The Hall–Kier alpha value is -1.44. The minimum absolute atomic E-state index is 0.0360. The molecule has 0 spiro atoms. The second-order valence-corrected chi connectivity index (χ2v) is 5.46. The first-order chi connectivity index (χ1) is 9.90. The van der Waals surface area contributed by atoms with Crippen LogP contribution in [-0.2, 0) is 13.5 Å². The molecule has 0 fully saturated rings. The average molecular weight is 349 g/mol. The number of aromatic amines is 1. The van der Waals surface area contributed by atoms with Crippen LogP contribution in [-0.4, -0.2) is 27.2 Å². The summed E-state index contributed by atoms with van der Waals surface area (Å²) in [6.07, 6.45) is 0.475. The van der Waals surface area contributed by atoms with Crippen LogP contribution in [0.15, 0.2) is 12.1 Å². The van der Waals surface area contributed by atoms with E-state index < -0.39 is 11.7 Å². The first-order valence-corrected chi connectivity index (χ1v) is 7.09. The number of benzene rings is 1. The molecule has 0 saturated carbocycles. The summed E-state index contributed by atoms with van der Waals surface area (Å²) in [6.45, 7) is 0.312. The van der Waals surface area contributed by atoms with E-state index in [2.05, 4.69) is 15.5 Å². The lowest BCUT2D eigenvalue weighted by Crippen LogP contribution is -2.26. The highest BCUT2D eigenvalue weighted by Gasteiger charge is 2.14. The van der Waals surface area contributed by atoms with Crippen molar-refractivity contribution in [1.29, 1.82) is 0 Å². The fourth-order valence-corrected chi connectivity index (χ4v) is 2.30. The third kappa shape index (κ3) is 3.61. The molecular weight excluding hydrogens is 338 g/mol. The van der Waals surface area contributed by atoms with Gasteiger partial charge >= 0.3 is 0 Å². The minimum Gasteiger partial charge on any atom is -0.352 e. The van der Waals surface area contributed by atoms with Crippen molar-refractivity contribution in [2.75, 3.05) is 6.54 Å². The maximum Gasteiger partial charge on any atom is 0.252 e. The third-order valence-electron chi connectivity index (χ3n) is 2.86. The van der Waals surface area contributed by atoms with Crippen LogP contribution in [0.2, 0.25) is 10.0 Å². The quantitative estimate of drug-likeness (QED) is 0.659. The van der Waals surface area contributed by atoms with Crippen molar-refractivity contribution in [2.45, 2.75) is 6.42 Å². The molecule has 1 amide bonds. The Morgan fingerprint density at radius 3 is 2.81 bits per heavy atom. The van der Waals surface area contributed by atoms with Crippen LogP contribution in [0, 0.1) is 10.6 Å². The second-order valence-electron chi connectivity index (χ2n) is 4.26. The van der Waals surface area contributed by atoms with Crippen LogP contribution in [0.5, 0.6) is 0 Å². The van der Waals surface area contributed by atoms with E-state index in [1.165, 1.54) is 6.07 Å². The SMILES string of the molecule is Cn1c(CCNC(=O)c2cc(F)c(Cl)cc2Cl)n[nH]c1=S. The van der Waals surface area contributed by atoms with E-state index in [0.717, 1.165) is 6.07 Å². The number of nitrogens with zero attached hydrogens (tertiary/aromatic N) is 2. The van der Waals surface area contributed by atoms with Gasteiger partial charge in [0.1, 0.15) is 11.6 Å². The fourth-order valence-electron chi connectivity index (χ4n) is 1.68. The molecule has 9 heteroatoms. The predicted octanol–water partition coefficient (Wildman–Crippen LogP) is 2.90. The highest BCUT2D eigenvalue weighted by molar-refractivity contribution is 7.71. The number of carbonyl (C=O) groups is 1. The van der Waals surface area contributed by atoms with E-state index >= 15 is 0 Å². The van der Waals surface area contributed by atoms with Crippen molar-refractivity contribution in [3.8, 4) is 0 Å². The Bertz CT molecular complexity index is 743. The number of carbonyl (C=O) groups excluding carboxylic acids is 1. The van der Waals surface area contributed by atoms with Gasteiger partial charge in [-0.1, -0.05) is 23.2 Å². The lowest BCUT2D eigenvalue weighted by atomic mass is 10.2. The molecular formula is C12H11Cl2FN4OS. The van der Waals surface area contributed by atoms with Crippen molar-refractivity contribution >= 4 is 41.3 Å². The Labute approximate surface area is 135 Å². The smallest absolute Gasteiger partial charge is 0.252 e. The predicted molar refractivity (Wildman–Crippen MR) is 80.8 cm³/mol. The summed E-state index contributed by atoms with van der Waals surface area (Å²) >= 11 is 16.4. The Morgan fingerprint density at radius 2 is 2.19 bits per heavy atom. The van der Waals surface area contributed by atoms with Gasteiger partial charge < -0.3 is 9.88 Å². The summed E-state index contributed by atoms with van der Waals surface area (Å²) in [5.74, 6) is -0.471. The molecule has 0 bridgehead atoms. The Morgan fingerprint density at radius 1 is 1.48 bits per heavy atom. The van der Waals surface area contributed by atoms with Gasteiger partial charge in [0, 0.05) is 20.0 Å². The number of H-pyrrole nitrogens is 1. The van der Waals surface area contributed by atoms with Gasteiger partial charge in [0.2, 0.25) is 0 Å². The van der Waals surface area contributed by atoms with Gasteiger partial charge in [0.25, 0.3) is 5.91 Å². The van der Waals surface area contributed by atoms with Gasteiger partial charge in [-0.3, -0.25) is 9.89 Å². The first kappa shape index (κ1) is 15.9. The van der Waals surface area contributed by atoms with Crippen LogP contribution in [0.1, 0.15) is 16.2 Å². The molecule has 112 valence electrons. The van der Waals surface area contributed by atoms with Crippen molar-refractivity contribution in [2.24, 2.45) is 7.05 Å². The fraction of sp³-hybridized carbons (Fsp3) is 0.250. The molecule has 1 aromatic carbocycles. The Kier molecular flexibility index (Phi) is 4.97. The number of amides is 1. The minimum atomic E-state index is -0.694.